The predicted molar refractivity (Wildman–Crippen MR) is 60.2 cm³/mol. The number of hydrogen-bond acceptors (Lipinski definition) is 2. The second-order valence-electron chi connectivity index (χ2n) is 5.64. The Morgan fingerprint density at radius 3 is 1.30 bits per heavy atom. The van der Waals surface area contributed by atoms with Crippen LogP contribution < -0.4 is 0 Å². The predicted octanol–water partition coefficient (Wildman–Crippen LogP) is 4.45. The fraction of sp³-hybridized carbons (Fsp3) is 0.909. The van der Waals surface area contributed by atoms with Crippen LogP contribution in [0, 0.1) is 0 Å². The minimum Gasteiger partial charge on any atom is -0.391 e. The van der Waals surface area contributed by atoms with Crippen molar-refractivity contribution in [2.75, 3.05) is 6.54 Å². The Morgan fingerprint density at radius 1 is 0.700 bits per heavy atom. The van der Waals surface area contributed by atoms with Gasteiger partial charge >= 0.3 is 47.6 Å². The Balaban J connectivity index is 6.52. The van der Waals surface area contributed by atoms with E-state index in [1.807, 2.05) is 0 Å². The number of rotatable bonds is 8. The highest BCUT2D eigenvalue weighted by molar-refractivity contribution is 5.84. The zero-order chi connectivity index (χ0) is 24.9. The third-order valence-electron chi connectivity index (χ3n) is 3.24. The average Bonchev–Trinajstić information content (AvgIpc) is 2.51. The summed E-state index contributed by atoms with van der Waals surface area (Å²) in [6, 6.07) is 0. The van der Waals surface area contributed by atoms with Gasteiger partial charge in [-0.05, 0) is 6.92 Å². The fourth-order valence-corrected chi connectivity index (χ4v) is 1.57. The van der Waals surface area contributed by atoms with Crippen molar-refractivity contribution in [1.82, 2.24) is 5.12 Å². The van der Waals surface area contributed by atoms with Gasteiger partial charge in [0.1, 0.15) is 0 Å². The van der Waals surface area contributed by atoms with Crippen molar-refractivity contribution in [2.45, 2.75) is 54.7 Å². The molecule has 30 heavy (non-hydrogen) atoms. The summed E-state index contributed by atoms with van der Waals surface area (Å²) in [6.45, 7) is -1.48. The first kappa shape index (κ1) is 28.3. The van der Waals surface area contributed by atoms with Gasteiger partial charge in [0.05, 0.1) is 12.6 Å². The van der Waals surface area contributed by atoms with E-state index in [0.29, 0.717) is 6.92 Å². The molecule has 0 aliphatic rings. The molecule has 1 N–H and O–H groups in total. The van der Waals surface area contributed by atoms with E-state index in [1.165, 1.54) is 0 Å². The second-order valence-corrected chi connectivity index (χ2v) is 5.64. The molecule has 0 heterocycles. The molecule has 0 aromatic carbocycles. The van der Waals surface area contributed by atoms with E-state index in [1.54, 1.807) is 0 Å². The van der Waals surface area contributed by atoms with Gasteiger partial charge in [0.2, 0.25) is 0 Å². The second kappa shape index (κ2) is 7.47. The van der Waals surface area contributed by atoms with Gasteiger partial charge in [-0.25, -0.2) is 0 Å². The van der Waals surface area contributed by atoms with Gasteiger partial charge in [0.25, 0.3) is 0 Å². The molecule has 1 atom stereocenters. The Labute approximate surface area is 154 Å². The quantitative estimate of drug-likeness (QED) is 0.405. The van der Waals surface area contributed by atoms with Crippen LogP contribution in [-0.2, 0) is 4.79 Å². The average molecular weight is 489 g/mol. The molecule has 3 nitrogen and oxygen atoms in total. The minimum atomic E-state index is -8.57. The summed E-state index contributed by atoms with van der Waals surface area (Å²) in [4.78, 5) is 10.8. The molecule has 19 heteroatoms. The van der Waals surface area contributed by atoms with Crippen LogP contribution in [0.3, 0.4) is 0 Å². The standard InChI is InChI=1S/C11H7F16NO2/c1-3(29)2-28(27)4(30)5(12,13)6(14,15)7(16,17)8(18,19)9(20,21)10(22,23)11(24,25)26/h3,29H,2H2,1H3. The molecule has 0 fully saturated rings. The van der Waals surface area contributed by atoms with Crippen LogP contribution in [0.5, 0.6) is 0 Å². The summed E-state index contributed by atoms with van der Waals surface area (Å²) >= 11 is 0. The van der Waals surface area contributed by atoms with Gasteiger partial charge in [-0.1, -0.05) is 4.48 Å². The smallest absolute Gasteiger partial charge is 0.391 e. The zero-order valence-electron chi connectivity index (χ0n) is 13.6. The number of halogens is 16. The molecular weight excluding hydrogens is 482 g/mol. The molecule has 0 aliphatic heterocycles. The largest absolute Gasteiger partial charge is 0.460 e. The van der Waals surface area contributed by atoms with Crippen LogP contribution in [0.4, 0.5) is 70.3 Å². The van der Waals surface area contributed by atoms with Crippen LogP contribution >= 0.6 is 0 Å². The Morgan fingerprint density at radius 2 is 1.00 bits per heavy atom. The van der Waals surface area contributed by atoms with Crippen LogP contribution in [0.15, 0.2) is 0 Å². The summed E-state index contributed by atoms with van der Waals surface area (Å²) in [7, 11) is 0. The Bertz CT molecular complexity index is 640. The molecule has 0 saturated carbocycles. The first-order valence-electron chi connectivity index (χ1n) is 6.74. The van der Waals surface area contributed by atoms with Gasteiger partial charge in [0, 0.05) is 0 Å². The molecule has 0 spiro atoms. The van der Waals surface area contributed by atoms with Gasteiger partial charge in [0.15, 0.2) is 0 Å². The first-order chi connectivity index (χ1) is 12.7. The lowest BCUT2D eigenvalue weighted by Crippen LogP contribution is -2.73. The maximum absolute atomic E-state index is 13.3. The molecule has 0 aromatic heterocycles. The topological polar surface area (TPSA) is 40.5 Å². The normalized spacial score (nSPS) is 16.5. The van der Waals surface area contributed by atoms with Crippen molar-refractivity contribution >= 4 is 5.91 Å². The van der Waals surface area contributed by atoms with Crippen molar-refractivity contribution < 1.29 is 80.2 Å². The molecule has 0 saturated heterocycles. The van der Waals surface area contributed by atoms with E-state index in [4.69, 9.17) is 5.11 Å². The van der Waals surface area contributed by atoms with Crippen molar-refractivity contribution in [3.05, 3.63) is 0 Å². The lowest BCUT2D eigenvalue weighted by atomic mass is 9.91. The fourth-order valence-electron chi connectivity index (χ4n) is 1.57. The molecule has 0 bridgehead atoms. The minimum absolute atomic E-state index is 0.499. The SMILES string of the molecule is CC(O)CN(F)C(=O)C(F)(F)C(F)(F)C(F)(F)C(F)(F)C(F)(F)C(F)(F)C(F)(F)F. The highest BCUT2D eigenvalue weighted by Crippen LogP contribution is 2.62. The lowest BCUT2D eigenvalue weighted by molar-refractivity contribution is -0.450. The molecule has 1 unspecified atom stereocenters. The Hall–Kier alpha value is -1.69. The molecule has 180 valence electrons. The molecule has 0 aliphatic carbocycles. The first-order valence-corrected chi connectivity index (χ1v) is 6.74. The summed E-state index contributed by atoms with van der Waals surface area (Å²) in [5, 5.41) is 6.45. The number of nitrogens with zero attached hydrogens (tertiary/aromatic N) is 1. The summed E-state index contributed by atoms with van der Waals surface area (Å²) in [6.07, 6.45) is -9.92. The van der Waals surface area contributed by atoms with E-state index in [2.05, 4.69) is 0 Å². The Kier molecular flexibility index (Phi) is 7.05. The van der Waals surface area contributed by atoms with Crippen molar-refractivity contribution in [2.24, 2.45) is 0 Å². The number of amides is 1. The molecule has 0 aromatic rings. The molecule has 0 radical (unpaired) electrons. The van der Waals surface area contributed by atoms with Gasteiger partial charge in [-0.2, -0.15) is 71.0 Å². The third-order valence-corrected chi connectivity index (χ3v) is 3.24. The number of carbonyl (C=O) groups is 1. The number of carbonyl (C=O) groups excluding carboxylic acids is 1. The monoisotopic (exact) mass is 489 g/mol. The summed E-state index contributed by atoms with van der Waals surface area (Å²) in [5.41, 5.74) is 0. The van der Waals surface area contributed by atoms with Crippen molar-refractivity contribution in [3.8, 4) is 0 Å². The van der Waals surface area contributed by atoms with Crippen LogP contribution in [0.2, 0.25) is 0 Å². The van der Waals surface area contributed by atoms with E-state index in [0.717, 1.165) is 0 Å². The number of hydrogen-bond donors (Lipinski definition) is 1. The van der Waals surface area contributed by atoms with Crippen LogP contribution in [0.1, 0.15) is 6.92 Å². The summed E-state index contributed by atoms with van der Waals surface area (Å²) in [5.74, 6) is -53.3. The van der Waals surface area contributed by atoms with E-state index in [-0.39, 0.29) is 0 Å². The number of alkyl halides is 15. The van der Waals surface area contributed by atoms with Gasteiger partial charge < -0.3 is 5.11 Å². The van der Waals surface area contributed by atoms with Gasteiger partial charge in [-0.3, -0.25) is 4.79 Å². The van der Waals surface area contributed by atoms with Crippen molar-refractivity contribution in [1.29, 1.82) is 0 Å². The maximum Gasteiger partial charge on any atom is 0.460 e. The van der Waals surface area contributed by atoms with Gasteiger partial charge in [-0.15, -0.1) is 0 Å². The number of aliphatic hydroxyl groups excluding tert-OH is 1. The third kappa shape index (κ3) is 3.83. The molecule has 0 rings (SSSR count). The van der Waals surface area contributed by atoms with Crippen LogP contribution in [-0.4, -0.2) is 70.5 Å². The molecule has 1 amide bonds. The highest BCUT2D eigenvalue weighted by Gasteiger charge is 2.94. The van der Waals surface area contributed by atoms with Crippen LogP contribution in [0.25, 0.3) is 0 Å². The molecular formula is C11H7F16NO2. The van der Waals surface area contributed by atoms with E-state index < -0.39 is 65.4 Å². The zero-order valence-corrected chi connectivity index (χ0v) is 13.6. The maximum atomic E-state index is 13.3. The lowest BCUT2D eigenvalue weighted by Gasteiger charge is -2.41. The van der Waals surface area contributed by atoms with E-state index >= 15 is 0 Å². The summed E-state index contributed by atoms with van der Waals surface area (Å²) < 4.78 is 206. The van der Waals surface area contributed by atoms with Crippen molar-refractivity contribution in [3.63, 3.8) is 0 Å². The van der Waals surface area contributed by atoms with E-state index in [9.17, 15) is 75.1 Å². The highest BCUT2D eigenvalue weighted by atomic mass is 19.4. The number of aliphatic hydroxyl groups is 1.